The van der Waals surface area contributed by atoms with Crippen molar-refractivity contribution in [2.75, 3.05) is 6.61 Å². The predicted octanol–water partition coefficient (Wildman–Crippen LogP) is 3.67. The molecule has 6 heteroatoms. The van der Waals surface area contributed by atoms with E-state index in [2.05, 4.69) is 0 Å². The Kier molecular flexibility index (Phi) is 4.91. The highest BCUT2D eigenvalue weighted by atomic mass is 35.5. The zero-order valence-electron chi connectivity index (χ0n) is 11.3. The smallest absolute Gasteiger partial charge is 0.317 e. The summed E-state index contributed by atoms with van der Waals surface area (Å²) in [7, 11) is 0. The van der Waals surface area contributed by atoms with E-state index in [4.69, 9.17) is 27.9 Å². The molecule has 1 N–H and O–H groups in total. The van der Waals surface area contributed by atoms with E-state index < -0.39 is 17.8 Å². The van der Waals surface area contributed by atoms with Crippen molar-refractivity contribution < 1.29 is 19.4 Å². The molecule has 4 nitrogen and oxygen atoms in total. The maximum Gasteiger partial charge on any atom is 0.317 e. The summed E-state index contributed by atoms with van der Waals surface area (Å²) in [6.07, 6.45) is 1.10. The van der Waals surface area contributed by atoms with E-state index in [0.29, 0.717) is 15.6 Å². The normalized spacial score (nSPS) is 21.9. The summed E-state index contributed by atoms with van der Waals surface area (Å²) in [5.74, 6) is -2.80. The largest absolute Gasteiger partial charge is 0.511 e. The van der Waals surface area contributed by atoms with Crippen LogP contribution in [0.15, 0.2) is 30.0 Å². The molecule has 0 amide bonds. The first-order chi connectivity index (χ1) is 9.95. The number of halogens is 2. The molecule has 1 aromatic rings. The van der Waals surface area contributed by atoms with Crippen LogP contribution in [0, 0.1) is 5.92 Å². The van der Waals surface area contributed by atoms with Gasteiger partial charge >= 0.3 is 5.97 Å². The first kappa shape index (κ1) is 15.9. The topological polar surface area (TPSA) is 63.6 Å². The fourth-order valence-corrected chi connectivity index (χ4v) is 3.18. The Labute approximate surface area is 132 Å². The minimum absolute atomic E-state index is 0.0387. The average molecular weight is 329 g/mol. The van der Waals surface area contributed by atoms with Gasteiger partial charge in [-0.05, 0) is 24.6 Å². The van der Waals surface area contributed by atoms with Crippen molar-refractivity contribution in [3.8, 4) is 0 Å². The SMILES string of the molecule is CCOC(=O)C1C(O)=CC(=O)CC1c1c(Cl)cccc1Cl. The molecule has 0 bridgehead atoms. The van der Waals surface area contributed by atoms with Crippen LogP contribution >= 0.6 is 23.2 Å². The van der Waals surface area contributed by atoms with Crippen LogP contribution in [0.5, 0.6) is 0 Å². The Balaban J connectivity index is 2.50. The number of carbonyl (C=O) groups excluding carboxylic acids is 2. The maximum atomic E-state index is 12.1. The van der Waals surface area contributed by atoms with E-state index in [-0.39, 0.29) is 24.6 Å². The molecule has 2 atom stereocenters. The molecule has 0 spiro atoms. The van der Waals surface area contributed by atoms with Crippen LogP contribution in [0.25, 0.3) is 0 Å². The molecule has 21 heavy (non-hydrogen) atoms. The molecule has 0 aliphatic heterocycles. The number of hydrogen-bond donors (Lipinski definition) is 1. The molecular formula is C15H14Cl2O4. The maximum absolute atomic E-state index is 12.1. The molecule has 0 fully saturated rings. The van der Waals surface area contributed by atoms with Gasteiger partial charge in [-0.3, -0.25) is 9.59 Å². The molecule has 1 aliphatic rings. The number of benzene rings is 1. The highest BCUT2D eigenvalue weighted by molar-refractivity contribution is 6.36. The Morgan fingerprint density at radius 3 is 2.57 bits per heavy atom. The van der Waals surface area contributed by atoms with E-state index in [1.807, 2.05) is 0 Å². The van der Waals surface area contributed by atoms with E-state index in [0.717, 1.165) is 6.08 Å². The van der Waals surface area contributed by atoms with Gasteiger partial charge in [-0.25, -0.2) is 0 Å². The Bertz CT molecular complexity index is 589. The van der Waals surface area contributed by atoms with Crippen molar-refractivity contribution >= 4 is 35.0 Å². The number of hydrogen-bond acceptors (Lipinski definition) is 4. The van der Waals surface area contributed by atoms with Gasteiger partial charge in [-0.1, -0.05) is 29.3 Å². The highest BCUT2D eigenvalue weighted by Gasteiger charge is 2.40. The molecule has 2 unspecified atom stereocenters. The van der Waals surface area contributed by atoms with E-state index in [1.165, 1.54) is 0 Å². The standard InChI is InChI=1S/C15H14Cl2O4/c1-2-21-15(20)14-9(6-8(18)7-12(14)19)13-10(16)4-3-5-11(13)17/h3-5,7,9,14,19H,2,6H2,1H3. The molecule has 0 heterocycles. The van der Waals surface area contributed by atoms with Crippen LogP contribution < -0.4 is 0 Å². The number of esters is 1. The molecule has 0 saturated heterocycles. The lowest BCUT2D eigenvalue weighted by molar-refractivity contribution is -0.148. The molecule has 0 aromatic heterocycles. The highest BCUT2D eigenvalue weighted by Crippen LogP contribution is 2.42. The van der Waals surface area contributed by atoms with Gasteiger partial charge in [0.15, 0.2) is 5.78 Å². The summed E-state index contributed by atoms with van der Waals surface area (Å²) in [6, 6.07) is 4.93. The second-order valence-electron chi connectivity index (χ2n) is 4.71. The lowest BCUT2D eigenvalue weighted by Crippen LogP contribution is -2.31. The minimum Gasteiger partial charge on any atom is -0.511 e. The van der Waals surface area contributed by atoms with Crippen LogP contribution in [0.1, 0.15) is 24.8 Å². The van der Waals surface area contributed by atoms with Gasteiger partial charge in [0.1, 0.15) is 11.7 Å². The molecular weight excluding hydrogens is 315 g/mol. The summed E-state index contributed by atoms with van der Waals surface area (Å²) in [5.41, 5.74) is 0.479. The average Bonchev–Trinajstić information content (AvgIpc) is 2.37. The minimum atomic E-state index is -0.972. The number of aliphatic hydroxyl groups is 1. The van der Waals surface area contributed by atoms with Crippen LogP contribution in [0.4, 0.5) is 0 Å². The summed E-state index contributed by atoms with van der Waals surface area (Å²) in [6.45, 7) is 1.85. The lowest BCUT2D eigenvalue weighted by atomic mass is 9.77. The van der Waals surface area contributed by atoms with Crippen molar-refractivity contribution in [1.29, 1.82) is 0 Å². The number of ketones is 1. The van der Waals surface area contributed by atoms with Gasteiger partial charge in [-0.15, -0.1) is 0 Å². The molecule has 2 rings (SSSR count). The van der Waals surface area contributed by atoms with Crippen molar-refractivity contribution in [2.24, 2.45) is 5.92 Å². The van der Waals surface area contributed by atoms with Crippen molar-refractivity contribution in [3.63, 3.8) is 0 Å². The first-order valence-corrected chi connectivity index (χ1v) is 7.25. The zero-order chi connectivity index (χ0) is 15.6. The fourth-order valence-electron chi connectivity index (χ4n) is 2.51. The Hall–Kier alpha value is -1.52. The summed E-state index contributed by atoms with van der Waals surface area (Å²) >= 11 is 12.3. The van der Waals surface area contributed by atoms with Gasteiger partial charge in [-0.2, -0.15) is 0 Å². The van der Waals surface area contributed by atoms with Crippen LogP contribution in [0.2, 0.25) is 10.0 Å². The number of ether oxygens (including phenoxy) is 1. The fraction of sp³-hybridized carbons (Fsp3) is 0.333. The predicted molar refractivity (Wildman–Crippen MR) is 79.7 cm³/mol. The van der Waals surface area contributed by atoms with Gasteiger partial charge < -0.3 is 9.84 Å². The summed E-state index contributed by atoms with van der Waals surface area (Å²) in [4.78, 5) is 23.8. The van der Waals surface area contributed by atoms with Crippen LogP contribution in [-0.2, 0) is 14.3 Å². The first-order valence-electron chi connectivity index (χ1n) is 6.49. The van der Waals surface area contributed by atoms with Crippen LogP contribution in [0.3, 0.4) is 0 Å². The van der Waals surface area contributed by atoms with Crippen LogP contribution in [-0.4, -0.2) is 23.5 Å². The number of aliphatic hydroxyl groups excluding tert-OH is 1. The third kappa shape index (κ3) is 3.22. The van der Waals surface area contributed by atoms with Crippen molar-refractivity contribution in [1.82, 2.24) is 0 Å². The van der Waals surface area contributed by atoms with E-state index in [9.17, 15) is 14.7 Å². The van der Waals surface area contributed by atoms with Gasteiger partial charge in [0.25, 0.3) is 0 Å². The summed E-state index contributed by atoms with van der Waals surface area (Å²) < 4.78 is 4.98. The monoisotopic (exact) mass is 328 g/mol. The van der Waals surface area contributed by atoms with Gasteiger partial charge in [0, 0.05) is 28.5 Å². The second-order valence-corrected chi connectivity index (χ2v) is 5.53. The van der Waals surface area contributed by atoms with Crippen molar-refractivity contribution in [3.05, 3.63) is 45.6 Å². The molecule has 112 valence electrons. The quantitative estimate of drug-likeness (QED) is 0.860. The Morgan fingerprint density at radius 2 is 2.00 bits per heavy atom. The number of rotatable bonds is 3. The lowest BCUT2D eigenvalue weighted by Gasteiger charge is -2.29. The number of carbonyl (C=O) groups is 2. The van der Waals surface area contributed by atoms with Gasteiger partial charge in [0.2, 0.25) is 0 Å². The third-order valence-corrected chi connectivity index (χ3v) is 4.02. The zero-order valence-corrected chi connectivity index (χ0v) is 12.8. The summed E-state index contributed by atoms with van der Waals surface area (Å²) in [5, 5.41) is 10.7. The van der Waals surface area contributed by atoms with E-state index in [1.54, 1.807) is 25.1 Å². The van der Waals surface area contributed by atoms with Gasteiger partial charge in [0.05, 0.1) is 6.61 Å². The van der Waals surface area contributed by atoms with E-state index >= 15 is 0 Å². The molecule has 1 aromatic carbocycles. The third-order valence-electron chi connectivity index (χ3n) is 3.36. The molecule has 0 saturated carbocycles. The Morgan fingerprint density at radius 1 is 1.38 bits per heavy atom. The van der Waals surface area contributed by atoms with Crippen molar-refractivity contribution in [2.45, 2.75) is 19.3 Å². The molecule has 1 aliphatic carbocycles. The second kappa shape index (κ2) is 6.50. The number of allylic oxidation sites excluding steroid dienone is 1. The molecule has 0 radical (unpaired) electrons.